The van der Waals surface area contributed by atoms with E-state index < -0.39 is 0 Å². The Bertz CT molecular complexity index is 797. The predicted octanol–water partition coefficient (Wildman–Crippen LogP) is 4.09. The summed E-state index contributed by atoms with van der Waals surface area (Å²) in [6, 6.07) is 22.3. The van der Waals surface area contributed by atoms with Gasteiger partial charge >= 0.3 is 0 Å². The SMILES string of the molecule is N/C(=N\O)c1ccc(Sc2ccc3ccccc3c2)cc1. The predicted molar refractivity (Wildman–Crippen MR) is 87.0 cm³/mol. The van der Waals surface area contributed by atoms with Crippen molar-refractivity contribution in [3.63, 3.8) is 0 Å². The quantitative estimate of drug-likeness (QED) is 0.331. The molecular weight excluding hydrogens is 280 g/mol. The van der Waals surface area contributed by atoms with Gasteiger partial charge in [-0.1, -0.05) is 59.4 Å². The first kappa shape index (κ1) is 13.5. The molecule has 0 aliphatic rings. The Labute approximate surface area is 127 Å². The number of hydrogen-bond donors (Lipinski definition) is 2. The summed E-state index contributed by atoms with van der Waals surface area (Å²) in [5.74, 6) is 0.122. The molecule has 0 aliphatic heterocycles. The zero-order chi connectivity index (χ0) is 14.7. The highest BCUT2D eigenvalue weighted by Crippen LogP contribution is 2.30. The number of benzene rings is 3. The highest BCUT2D eigenvalue weighted by Gasteiger charge is 2.02. The van der Waals surface area contributed by atoms with E-state index in [1.165, 1.54) is 15.7 Å². The van der Waals surface area contributed by atoms with E-state index >= 15 is 0 Å². The number of fused-ring (bicyclic) bond motifs is 1. The minimum absolute atomic E-state index is 0.122. The molecule has 4 heteroatoms. The van der Waals surface area contributed by atoms with Crippen molar-refractivity contribution < 1.29 is 5.21 Å². The fourth-order valence-electron chi connectivity index (χ4n) is 2.12. The summed E-state index contributed by atoms with van der Waals surface area (Å²) in [6.45, 7) is 0. The van der Waals surface area contributed by atoms with Crippen molar-refractivity contribution in [2.45, 2.75) is 9.79 Å². The van der Waals surface area contributed by atoms with Crippen LogP contribution in [0.5, 0.6) is 0 Å². The monoisotopic (exact) mass is 294 g/mol. The molecule has 0 spiro atoms. The van der Waals surface area contributed by atoms with E-state index in [0.717, 1.165) is 4.90 Å². The lowest BCUT2D eigenvalue weighted by Crippen LogP contribution is -2.12. The summed E-state index contributed by atoms with van der Waals surface area (Å²) in [5.41, 5.74) is 6.26. The first-order chi connectivity index (χ1) is 10.3. The maximum atomic E-state index is 8.65. The Morgan fingerprint density at radius 1 is 0.857 bits per heavy atom. The molecule has 0 fully saturated rings. The summed E-state index contributed by atoms with van der Waals surface area (Å²) >= 11 is 1.69. The molecule has 3 N–H and O–H groups in total. The van der Waals surface area contributed by atoms with Gasteiger partial charge in [-0.2, -0.15) is 0 Å². The lowest BCUT2D eigenvalue weighted by Gasteiger charge is -2.05. The van der Waals surface area contributed by atoms with Gasteiger partial charge in [-0.3, -0.25) is 0 Å². The number of amidine groups is 1. The molecule has 0 saturated carbocycles. The summed E-state index contributed by atoms with van der Waals surface area (Å²) in [6.07, 6.45) is 0. The van der Waals surface area contributed by atoms with Crippen LogP contribution in [0.3, 0.4) is 0 Å². The lowest BCUT2D eigenvalue weighted by molar-refractivity contribution is 0.318. The van der Waals surface area contributed by atoms with Crippen molar-refractivity contribution >= 4 is 28.4 Å². The molecule has 0 radical (unpaired) electrons. The molecule has 0 heterocycles. The van der Waals surface area contributed by atoms with Gasteiger partial charge in [-0.05, 0) is 35.0 Å². The number of nitrogens with two attached hydrogens (primary N) is 1. The van der Waals surface area contributed by atoms with Crippen LogP contribution in [0.1, 0.15) is 5.56 Å². The highest BCUT2D eigenvalue weighted by atomic mass is 32.2. The van der Waals surface area contributed by atoms with Crippen LogP contribution in [-0.4, -0.2) is 11.0 Å². The molecule has 0 bridgehead atoms. The van der Waals surface area contributed by atoms with Crippen LogP contribution in [0.2, 0.25) is 0 Å². The van der Waals surface area contributed by atoms with Gasteiger partial charge in [0.1, 0.15) is 0 Å². The van der Waals surface area contributed by atoms with Gasteiger partial charge in [0.15, 0.2) is 5.84 Å². The largest absolute Gasteiger partial charge is 0.409 e. The molecule has 0 unspecified atom stereocenters. The molecule has 0 aliphatic carbocycles. The van der Waals surface area contributed by atoms with Gasteiger partial charge in [0.25, 0.3) is 0 Å². The summed E-state index contributed by atoms with van der Waals surface area (Å²) in [7, 11) is 0. The number of oxime groups is 1. The molecule has 3 aromatic carbocycles. The van der Waals surface area contributed by atoms with Crippen molar-refractivity contribution in [1.29, 1.82) is 0 Å². The van der Waals surface area contributed by atoms with Gasteiger partial charge in [-0.25, -0.2) is 0 Å². The zero-order valence-corrected chi connectivity index (χ0v) is 12.0. The minimum atomic E-state index is 0.122. The molecule has 3 aromatic rings. The molecule has 3 rings (SSSR count). The average molecular weight is 294 g/mol. The summed E-state index contributed by atoms with van der Waals surface area (Å²) < 4.78 is 0. The van der Waals surface area contributed by atoms with Gasteiger partial charge in [0.05, 0.1) is 0 Å². The average Bonchev–Trinajstić information content (AvgIpc) is 2.55. The molecule has 0 saturated heterocycles. The smallest absolute Gasteiger partial charge is 0.170 e. The van der Waals surface area contributed by atoms with Gasteiger partial charge < -0.3 is 10.9 Å². The van der Waals surface area contributed by atoms with Crippen molar-refractivity contribution in [3.8, 4) is 0 Å². The summed E-state index contributed by atoms with van der Waals surface area (Å²) in [5, 5.41) is 14.1. The molecule has 104 valence electrons. The fraction of sp³-hybridized carbons (Fsp3) is 0. The van der Waals surface area contributed by atoms with E-state index in [9.17, 15) is 0 Å². The maximum absolute atomic E-state index is 8.65. The fourth-order valence-corrected chi connectivity index (χ4v) is 2.98. The van der Waals surface area contributed by atoms with E-state index in [1.807, 2.05) is 36.4 Å². The minimum Gasteiger partial charge on any atom is -0.409 e. The van der Waals surface area contributed by atoms with E-state index in [0.29, 0.717) is 5.56 Å². The molecular formula is C17H14N2OS. The third-order valence-electron chi connectivity index (χ3n) is 3.21. The standard InChI is InChI=1S/C17H14N2OS/c18-17(19-20)13-6-8-15(9-7-13)21-16-10-5-12-3-1-2-4-14(12)11-16/h1-11,20H,(H2,18,19). The van der Waals surface area contributed by atoms with E-state index in [4.69, 9.17) is 10.9 Å². The van der Waals surface area contributed by atoms with E-state index in [2.05, 4.69) is 35.5 Å². The maximum Gasteiger partial charge on any atom is 0.170 e. The first-order valence-corrected chi connectivity index (χ1v) is 7.32. The lowest BCUT2D eigenvalue weighted by atomic mass is 10.1. The van der Waals surface area contributed by atoms with Crippen LogP contribution in [-0.2, 0) is 0 Å². The van der Waals surface area contributed by atoms with Crippen LogP contribution in [0, 0.1) is 0 Å². The second-order valence-corrected chi connectivity index (χ2v) is 5.77. The Balaban J connectivity index is 1.84. The van der Waals surface area contributed by atoms with Crippen LogP contribution in [0.25, 0.3) is 10.8 Å². The third-order valence-corrected chi connectivity index (χ3v) is 4.21. The zero-order valence-electron chi connectivity index (χ0n) is 11.2. The molecule has 0 aromatic heterocycles. The third kappa shape index (κ3) is 3.01. The van der Waals surface area contributed by atoms with Crippen molar-refractivity contribution in [2.24, 2.45) is 10.9 Å². The molecule has 3 nitrogen and oxygen atoms in total. The van der Waals surface area contributed by atoms with Crippen molar-refractivity contribution in [3.05, 3.63) is 72.3 Å². The second-order valence-electron chi connectivity index (χ2n) is 4.62. The topological polar surface area (TPSA) is 58.6 Å². The normalized spacial score (nSPS) is 11.7. The Kier molecular flexibility index (Phi) is 3.79. The first-order valence-electron chi connectivity index (χ1n) is 6.51. The van der Waals surface area contributed by atoms with Crippen LogP contribution >= 0.6 is 11.8 Å². The highest BCUT2D eigenvalue weighted by molar-refractivity contribution is 7.99. The van der Waals surface area contributed by atoms with E-state index in [1.54, 1.807) is 11.8 Å². The van der Waals surface area contributed by atoms with Crippen LogP contribution in [0.15, 0.2) is 81.7 Å². The Morgan fingerprint density at radius 2 is 1.52 bits per heavy atom. The van der Waals surface area contributed by atoms with Crippen LogP contribution in [0.4, 0.5) is 0 Å². The number of rotatable bonds is 3. The summed E-state index contributed by atoms with van der Waals surface area (Å²) in [4.78, 5) is 2.30. The number of hydrogen-bond acceptors (Lipinski definition) is 3. The Morgan fingerprint density at radius 3 is 2.24 bits per heavy atom. The Hall–Kier alpha value is -2.46. The van der Waals surface area contributed by atoms with Gasteiger partial charge in [0, 0.05) is 15.4 Å². The molecule has 0 atom stereocenters. The number of nitrogens with zero attached hydrogens (tertiary/aromatic N) is 1. The van der Waals surface area contributed by atoms with Crippen molar-refractivity contribution in [1.82, 2.24) is 0 Å². The van der Waals surface area contributed by atoms with E-state index in [-0.39, 0.29) is 5.84 Å². The molecule has 0 amide bonds. The van der Waals surface area contributed by atoms with Gasteiger partial charge in [-0.15, -0.1) is 0 Å². The van der Waals surface area contributed by atoms with Gasteiger partial charge in [0.2, 0.25) is 0 Å². The molecule has 21 heavy (non-hydrogen) atoms. The second kappa shape index (κ2) is 5.89. The van der Waals surface area contributed by atoms with Crippen molar-refractivity contribution in [2.75, 3.05) is 0 Å². The van der Waals surface area contributed by atoms with Crippen LogP contribution < -0.4 is 5.73 Å².